The molecule has 132 valence electrons. The van der Waals surface area contributed by atoms with Crippen LogP contribution in [0.4, 0.5) is 0 Å². The number of benzene rings is 3. The van der Waals surface area contributed by atoms with Gasteiger partial charge in [-0.25, -0.2) is 0 Å². The van der Waals surface area contributed by atoms with Gasteiger partial charge in [0.05, 0.1) is 0 Å². The molecule has 3 heteroatoms. The van der Waals surface area contributed by atoms with Gasteiger partial charge in [0.1, 0.15) is 0 Å². The van der Waals surface area contributed by atoms with Gasteiger partial charge in [0.15, 0.2) is 0 Å². The quantitative estimate of drug-likeness (QED) is 0.392. The average Bonchev–Trinajstić information content (AvgIpc) is 2.65. The Balaban J connectivity index is 2.02. The second-order valence-corrected chi connectivity index (χ2v) is 18.7. The van der Waals surface area contributed by atoms with E-state index in [9.17, 15) is 5.26 Å². The van der Waals surface area contributed by atoms with Gasteiger partial charge in [0, 0.05) is 0 Å². The maximum atomic E-state index is 9.63. The summed E-state index contributed by atoms with van der Waals surface area (Å²) >= 11 is -1.93. The summed E-state index contributed by atoms with van der Waals surface area (Å²) < 4.78 is 1.54. The predicted octanol–water partition coefficient (Wildman–Crippen LogP) is 5.78. The summed E-state index contributed by atoms with van der Waals surface area (Å²) in [6.07, 6.45) is 1.88. The molecule has 0 bridgehead atoms. The Morgan fingerprint density at radius 1 is 0.889 bits per heavy atom. The number of nitriles is 1. The van der Waals surface area contributed by atoms with Crippen LogP contribution in [-0.4, -0.2) is 18.3 Å². The summed E-state index contributed by atoms with van der Waals surface area (Å²) in [5.74, 6) is 7.29. The molecule has 0 fully saturated rings. The minimum absolute atomic E-state index is 0.694. The second kappa shape index (κ2) is 6.51. The zero-order chi connectivity index (χ0) is 19.2. The molecule has 1 aromatic heterocycles. The molecule has 0 unspecified atom stereocenters. The van der Waals surface area contributed by atoms with E-state index in [0.29, 0.717) is 5.56 Å². The molecule has 2 nitrogen and oxygen atoms in total. The van der Waals surface area contributed by atoms with E-state index in [1.807, 2.05) is 30.5 Å². The number of aromatic nitrogens is 1. The first-order chi connectivity index (χ1) is 12.9. The van der Waals surface area contributed by atoms with Crippen molar-refractivity contribution in [1.82, 2.24) is 4.98 Å². The number of nitrogens with zero attached hydrogens (tertiary/aromatic N) is 2. The number of pyridine rings is 1. The Morgan fingerprint density at radius 2 is 1.63 bits per heavy atom. The molecule has 0 radical (unpaired) electrons. The van der Waals surface area contributed by atoms with Crippen LogP contribution in [0, 0.1) is 18.3 Å². The molecule has 0 aliphatic rings. The zero-order valence-corrected chi connectivity index (χ0v) is 18.3. The fraction of sp³-hybridized carbons (Fsp3) is 0.167. The Labute approximate surface area is 162 Å². The van der Waals surface area contributed by atoms with E-state index in [4.69, 9.17) is 4.98 Å². The van der Waals surface area contributed by atoms with E-state index in [0.717, 1.165) is 27.4 Å². The predicted molar refractivity (Wildman–Crippen MR) is 117 cm³/mol. The summed E-state index contributed by atoms with van der Waals surface area (Å²) in [7, 11) is 0. The number of hydrogen-bond acceptors (Lipinski definition) is 2. The van der Waals surface area contributed by atoms with Gasteiger partial charge in [-0.2, -0.15) is 0 Å². The zero-order valence-electron chi connectivity index (χ0n) is 16.2. The first-order valence-electron chi connectivity index (χ1n) is 9.21. The van der Waals surface area contributed by atoms with Crippen LogP contribution in [0.1, 0.15) is 11.1 Å². The molecule has 27 heavy (non-hydrogen) atoms. The first kappa shape index (κ1) is 17.8. The normalized spacial score (nSPS) is 11.7. The van der Waals surface area contributed by atoms with Crippen molar-refractivity contribution in [2.45, 2.75) is 24.2 Å². The van der Waals surface area contributed by atoms with Gasteiger partial charge >= 0.3 is 163 Å². The summed E-state index contributed by atoms with van der Waals surface area (Å²) in [6, 6.07) is 21.2. The van der Waals surface area contributed by atoms with Crippen LogP contribution in [0.2, 0.25) is 17.3 Å². The van der Waals surface area contributed by atoms with Crippen molar-refractivity contribution in [2.24, 2.45) is 0 Å². The number of aryl methyl sites for hydroxylation is 1. The van der Waals surface area contributed by atoms with Gasteiger partial charge in [0.2, 0.25) is 0 Å². The van der Waals surface area contributed by atoms with Crippen LogP contribution in [0.25, 0.3) is 32.8 Å². The van der Waals surface area contributed by atoms with Crippen LogP contribution in [-0.2, 0) is 0 Å². The fourth-order valence-corrected chi connectivity index (χ4v) is 7.78. The first-order valence-corrected chi connectivity index (χ1v) is 16.6. The molecule has 0 spiro atoms. The van der Waals surface area contributed by atoms with E-state index in [1.54, 1.807) is 0 Å². The van der Waals surface area contributed by atoms with Crippen LogP contribution in [0.5, 0.6) is 0 Å². The van der Waals surface area contributed by atoms with Gasteiger partial charge in [-0.1, -0.05) is 0 Å². The van der Waals surface area contributed by atoms with E-state index < -0.39 is 13.3 Å². The molecule has 0 atom stereocenters. The molecule has 0 amide bonds. The van der Waals surface area contributed by atoms with Crippen LogP contribution >= 0.6 is 0 Å². The molecule has 4 rings (SSSR count). The van der Waals surface area contributed by atoms with Gasteiger partial charge < -0.3 is 0 Å². The van der Waals surface area contributed by atoms with Crippen LogP contribution in [0.3, 0.4) is 0 Å². The molecule has 0 aliphatic heterocycles. The minimum atomic E-state index is -1.93. The van der Waals surface area contributed by atoms with Gasteiger partial charge in [-0.05, 0) is 0 Å². The van der Waals surface area contributed by atoms with Crippen molar-refractivity contribution in [3.63, 3.8) is 0 Å². The molecule has 0 N–H and O–H groups in total. The molecular weight excluding hydrogens is 389 g/mol. The standard InChI is InChI=1S/C24H22GeN2/c1-16-11-22-18(14-23(16)25(2,3)4)9-10-27-24(22)19-12-17-7-5-6-8-21(17)20(13-19)15-26/h5-14H,1-4H3. The van der Waals surface area contributed by atoms with Crippen LogP contribution in [0.15, 0.2) is 60.8 Å². The summed E-state index contributed by atoms with van der Waals surface area (Å²) in [6.45, 7) is 2.21. The van der Waals surface area contributed by atoms with Gasteiger partial charge in [-0.15, -0.1) is 0 Å². The van der Waals surface area contributed by atoms with E-state index in [1.165, 1.54) is 15.3 Å². The monoisotopic (exact) mass is 412 g/mol. The number of rotatable bonds is 2. The fourth-order valence-electron chi connectivity index (χ4n) is 3.91. The van der Waals surface area contributed by atoms with E-state index in [-0.39, 0.29) is 0 Å². The Bertz CT molecular complexity index is 1230. The summed E-state index contributed by atoms with van der Waals surface area (Å²) in [5.41, 5.74) is 4.00. The summed E-state index contributed by atoms with van der Waals surface area (Å²) in [5, 5.41) is 14.1. The van der Waals surface area contributed by atoms with Gasteiger partial charge in [-0.3, -0.25) is 0 Å². The Hall–Kier alpha value is -2.64. The van der Waals surface area contributed by atoms with E-state index in [2.05, 4.69) is 60.6 Å². The van der Waals surface area contributed by atoms with Crippen molar-refractivity contribution in [1.29, 1.82) is 5.26 Å². The third kappa shape index (κ3) is 3.13. The SMILES string of the molecule is Cc1cc2c(-c3cc(C#N)c4ccccc4c3)nccc2c[c]1[Ge]([CH3])([CH3])[CH3]. The van der Waals surface area contributed by atoms with Crippen molar-refractivity contribution >= 4 is 39.2 Å². The van der Waals surface area contributed by atoms with Crippen molar-refractivity contribution in [3.8, 4) is 17.3 Å². The molecule has 3 aromatic carbocycles. The maximum absolute atomic E-state index is 9.63. The van der Waals surface area contributed by atoms with Crippen molar-refractivity contribution < 1.29 is 0 Å². The molecular formula is C24H22GeN2. The third-order valence-electron chi connectivity index (χ3n) is 5.17. The van der Waals surface area contributed by atoms with Crippen molar-refractivity contribution in [2.75, 3.05) is 0 Å². The topological polar surface area (TPSA) is 36.7 Å². The Morgan fingerprint density at radius 3 is 2.37 bits per heavy atom. The molecule has 0 saturated heterocycles. The second-order valence-electron chi connectivity index (χ2n) is 8.15. The Kier molecular flexibility index (Phi) is 4.28. The van der Waals surface area contributed by atoms with Crippen LogP contribution < -0.4 is 4.40 Å². The number of fused-ring (bicyclic) bond motifs is 2. The molecule has 0 saturated carbocycles. The van der Waals surface area contributed by atoms with Gasteiger partial charge in [0.25, 0.3) is 0 Å². The van der Waals surface area contributed by atoms with Crippen molar-refractivity contribution in [3.05, 3.63) is 71.9 Å². The third-order valence-corrected chi connectivity index (χ3v) is 9.69. The average molecular weight is 411 g/mol. The molecule has 4 aromatic rings. The van der Waals surface area contributed by atoms with E-state index >= 15 is 0 Å². The number of hydrogen-bond donors (Lipinski definition) is 0. The molecule has 0 aliphatic carbocycles. The summed E-state index contributed by atoms with van der Waals surface area (Å²) in [4.78, 5) is 4.70. The molecule has 1 heterocycles.